The minimum atomic E-state index is -0.635. The molecule has 9 rings (SSSR count). The number of ether oxygens (including phenoxy) is 2. The van der Waals surface area contributed by atoms with Crippen LogP contribution in [-0.4, -0.2) is 69.2 Å². The number of amides is 3. The van der Waals surface area contributed by atoms with E-state index in [1.54, 1.807) is 21.9 Å². The van der Waals surface area contributed by atoms with E-state index in [0.29, 0.717) is 44.7 Å². The van der Waals surface area contributed by atoms with E-state index in [9.17, 15) is 18.8 Å². The Balaban J connectivity index is 0.845. The maximum atomic E-state index is 14.1. The smallest absolute Gasteiger partial charge is 0.410 e. The average molecular weight is 835 g/mol. The Morgan fingerprint density at radius 3 is 2.15 bits per heavy atom. The van der Waals surface area contributed by atoms with Crippen molar-refractivity contribution in [3.05, 3.63) is 149 Å². The van der Waals surface area contributed by atoms with Gasteiger partial charge in [0.25, 0.3) is 0 Å². The zero-order valence-corrected chi connectivity index (χ0v) is 35.3. The Bertz CT molecular complexity index is 2560. The molecule has 0 bridgehead atoms. The summed E-state index contributed by atoms with van der Waals surface area (Å²) in [5, 5.41) is 3.03. The molecule has 5 aromatic carbocycles. The van der Waals surface area contributed by atoms with Crippen molar-refractivity contribution in [2.24, 2.45) is 0 Å². The van der Waals surface area contributed by atoms with E-state index in [1.807, 2.05) is 81.4 Å². The van der Waals surface area contributed by atoms with Gasteiger partial charge in [0, 0.05) is 43.5 Å². The molecular formula is C50H51FN6O5. The Hall–Kier alpha value is -6.69. The largest absolute Gasteiger partial charge is 0.448 e. The van der Waals surface area contributed by atoms with Crippen molar-refractivity contribution < 1.29 is 28.2 Å². The van der Waals surface area contributed by atoms with Crippen molar-refractivity contribution >= 4 is 40.5 Å². The summed E-state index contributed by atoms with van der Waals surface area (Å²) in [6.45, 7) is 7.89. The zero-order valence-electron chi connectivity index (χ0n) is 35.3. The summed E-state index contributed by atoms with van der Waals surface area (Å²) in [4.78, 5) is 54.0. The predicted octanol–water partition coefficient (Wildman–Crippen LogP) is 10.3. The number of halogens is 1. The number of nitrogens with zero attached hydrogens (tertiary/aromatic N) is 4. The second-order valence-electron chi connectivity index (χ2n) is 17.5. The van der Waals surface area contributed by atoms with Crippen molar-refractivity contribution in [3.8, 4) is 11.1 Å². The average Bonchev–Trinajstić information content (AvgIpc) is 4.08. The van der Waals surface area contributed by atoms with Gasteiger partial charge in [0.1, 0.15) is 29.9 Å². The fourth-order valence-electron chi connectivity index (χ4n) is 9.10. The quantitative estimate of drug-likeness (QED) is 0.141. The lowest BCUT2D eigenvalue weighted by Gasteiger charge is -2.27. The maximum absolute atomic E-state index is 14.1. The highest BCUT2D eigenvalue weighted by Gasteiger charge is 2.37. The van der Waals surface area contributed by atoms with Crippen LogP contribution in [-0.2, 0) is 27.4 Å². The Kier molecular flexibility index (Phi) is 11.2. The molecule has 1 unspecified atom stereocenters. The van der Waals surface area contributed by atoms with E-state index < -0.39 is 17.7 Å². The first-order valence-corrected chi connectivity index (χ1v) is 21.5. The second kappa shape index (κ2) is 17.0. The number of hydrogen-bond donors (Lipinski definition) is 2. The first-order valence-electron chi connectivity index (χ1n) is 21.5. The van der Waals surface area contributed by atoms with E-state index in [1.165, 1.54) is 12.1 Å². The normalized spacial score (nSPS) is 17.2. The van der Waals surface area contributed by atoms with Crippen LogP contribution in [0.5, 0.6) is 0 Å². The molecule has 2 fully saturated rings. The van der Waals surface area contributed by atoms with E-state index in [0.717, 1.165) is 68.8 Å². The number of fused-ring (bicyclic) bond motifs is 4. The lowest BCUT2D eigenvalue weighted by molar-refractivity contribution is -0.120. The van der Waals surface area contributed by atoms with Crippen LogP contribution in [0, 0.1) is 5.82 Å². The summed E-state index contributed by atoms with van der Waals surface area (Å²) < 4.78 is 25.7. The number of anilines is 2. The first kappa shape index (κ1) is 40.7. The fourth-order valence-corrected chi connectivity index (χ4v) is 9.10. The zero-order chi connectivity index (χ0) is 43.0. The fraction of sp³-hybridized carbons (Fsp3) is 0.320. The lowest BCUT2D eigenvalue weighted by Crippen LogP contribution is -2.43. The van der Waals surface area contributed by atoms with Gasteiger partial charge in [-0.1, -0.05) is 66.7 Å². The van der Waals surface area contributed by atoms with Crippen molar-refractivity contribution in [1.82, 2.24) is 19.8 Å². The topological polar surface area (TPSA) is 120 Å². The predicted molar refractivity (Wildman–Crippen MR) is 237 cm³/mol. The third-order valence-electron chi connectivity index (χ3n) is 12.0. The highest BCUT2D eigenvalue weighted by atomic mass is 19.1. The number of carbonyl (C=O) groups is 3. The molecule has 318 valence electrons. The summed E-state index contributed by atoms with van der Waals surface area (Å²) in [7, 11) is 0. The first-order chi connectivity index (χ1) is 30.0. The molecule has 0 radical (unpaired) electrons. The highest BCUT2D eigenvalue weighted by Crippen LogP contribution is 2.44. The van der Waals surface area contributed by atoms with Gasteiger partial charge in [-0.15, -0.1) is 0 Å². The van der Waals surface area contributed by atoms with Gasteiger partial charge in [0.15, 0.2) is 0 Å². The van der Waals surface area contributed by atoms with E-state index in [2.05, 4.69) is 45.5 Å². The molecule has 62 heavy (non-hydrogen) atoms. The lowest BCUT2D eigenvalue weighted by atomic mass is 9.98. The summed E-state index contributed by atoms with van der Waals surface area (Å²) in [6, 6.07) is 35.8. The summed E-state index contributed by atoms with van der Waals surface area (Å²) in [5.74, 6) is 0.111. The van der Waals surface area contributed by atoms with Gasteiger partial charge in [0.05, 0.1) is 17.1 Å². The van der Waals surface area contributed by atoms with Gasteiger partial charge < -0.3 is 24.7 Å². The molecular weight excluding hydrogens is 784 g/mol. The van der Waals surface area contributed by atoms with Crippen LogP contribution >= 0.6 is 0 Å². The minimum Gasteiger partial charge on any atom is -0.448 e. The van der Waals surface area contributed by atoms with Crippen LogP contribution in [0.2, 0.25) is 0 Å². The van der Waals surface area contributed by atoms with Crippen molar-refractivity contribution in [1.29, 1.82) is 0 Å². The molecule has 0 saturated carbocycles. The van der Waals surface area contributed by atoms with E-state index in [4.69, 9.17) is 14.5 Å². The Morgan fingerprint density at radius 2 is 1.44 bits per heavy atom. The minimum absolute atomic E-state index is 0.0615. The van der Waals surface area contributed by atoms with Crippen LogP contribution in [0.4, 0.5) is 25.4 Å². The van der Waals surface area contributed by atoms with Gasteiger partial charge in [-0.25, -0.2) is 19.0 Å². The molecule has 3 heterocycles. The van der Waals surface area contributed by atoms with E-state index >= 15 is 0 Å². The molecule has 3 amide bonds. The van der Waals surface area contributed by atoms with Crippen LogP contribution in [0.25, 0.3) is 22.2 Å². The molecule has 3 aliphatic rings. The molecule has 2 aliphatic heterocycles. The highest BCUT2D eigenvalue weighted by molar-refractivity contribution is 5.97. The number of aromatic nitrogens is 2. The Morgan fingerprint density at radius 1 is 0.790 bits per heavy atom. The van der Waals surface area contributed by atoms with Crippen LogP contribution < -0.4 is 10.2 Å². The second-order valence-corrected chi connectivity index (χ2v) is 17.5. The number of aromatic amines is 1. The molecule has 1 aromatic heterocycles. The summed E-state index contributed by atoms with van der Waals surface area (Å²) >= 11 is 0. The molecule has 6 aromatic rings. The molecule has 2 saturated heterocycles. The molecule has 1 aliphatic carbocycles. The van der Waals surface area contributed by atoms with Crippen molar-refractivity contribution in [2.45, 2.75) is 83.1 Å². The third-order valence-corrected chi connectivity index (χ3v) is 12.0. The number of likely N-dealkylation sites (tertiary alicyclic amines) is 2. The molecule has 2 atom stereocenters. The summed E-state index contributed by atoms with van der Waals surface area (Å²) in [5.41, 5.74) is 9.16. The number of rotatable bonds is 10. The number of imidazole rings is 1. The van der Waals surface area contributed by atoms with Gasteiger partial charge in [0.2, 0.25) is 5.91 Å². The van der Waals surface area contributed by atoms with Gasteiger partial charge in [-0.05, 0) is 128 Å². The summed E-state index contributed by atoms with van der Waals surface area (Å²) in [6.07, 6.45) is 2.12. The van der Waals surface area contributed by atoms with Gasteiger partial charge >= 0.3 is 12.2 Å². The maximum Gasteiger partial charge on any atom is 0.410 e. The number of benzene rings is 5. The van der Waals surface area contributed by atoms with Crippen LogP contribution in [0.3, 0.4) is 0 Å². The third kappa shape index (κ3) is 8.59. The number of hydrogen-bond acceptors (Lipinski definition) is 7. The molecule has 11 nitrogen and oxygen atoms in total. The van der Waals surface area contributed by atoms with Crippen molar-refractivity contribution in [3.63, 3.8) is 0 Å². The standard InChI is InChI=1S/C50H51FN6O5/c1-50(2,3)62-49(60)56-26-8-14-44(56)46-53-42-25-18-33(28-43(42)54-46)30-55(36-23-19-34(51)20-24-36)29-32-16-21-35(22-17-32)52-47(58)45-15-9-27-57(45)48(59)61-31-41-39-12-6-4-10-37(39)38-11-5-7-13-40(38)41/h4-7,10-13,16-25,28,41,44-45H,8-9,14-15,26-27,29-31H2,1-3H3,(H,52,58)(H,53,54)/t44-,45?/m0/s1. The van der Waals surface area contributed by atoms with Gasteiger partial charge in [-0.3, -0.25) is 14.6 Å². The van der Waals surface area contributed by atoms with E-state index in [-0.39, 0.29) is 36.4 Å². The van der Waals surface area contributed by atoms with Gasteiger partial charge in [-0.2, -0.15) is 0 Å². The SMILES string of the molecule is CC(C)(C)OC(=O)N1CCC[C@H]1c1nc2cc(CN(Cc3ccc(NC(=O)C4CCCN4C(=O)OCC4c5ccccc5-c5ccccc54)cc3)c3ccc(F)cc3)ccc2[nH]1. The monoisotopic (exact) mass is 834 g/mol. The van der Waals surface area contributed by atoms with Crippen LogP contribution in [0.1, 0.15) is 86.5 Å². The number of nitrogens with one attached hydrogen (secondary N) is 2. The van der Waals surface area contributed by atoms with Crippen molar-refractivity contribution in [2.75, 3.05) is 29.9 Å². The number of carbonyl (C=O) groups excluding carboxylic acids is 3. The molecule has 0 spiro atoms. The Labute approximate surface area is 360 Å². The number of H-pyrrole nitrogens is 1. The molecule has 2 N–H and O–H groups in total. The van der Waals surface area contributed by atoms with Crippen LogP contribution in [0.15, 0.2) is 115 Å². The molecule has 12 heteroatoms.